The molecule has 5 heteroatoms. The summed E-state index contributed by atoms with van der Waals surface area (Å²) in [6.07, 6.45) is 10.1. The number of amides is 1. The molecule has 4 nitrogen and oxygen atoms in total. The largest absolute Gasteiger partial charge is 0.365 e. The highest BCUT2D eigenvalue weighted by Crippen LogP contribution is 2.26. The van der Waals surface area contributed by atoms with Crippen LogP contribution in [-0.2, 0) is 9.53 Å². The van der Waals surface area contributed by atoms with Crippen LogP contribution in [0.25, 0.3) is 0 Å². The Morgan fingerprint density at radius 2 is 1.90 bits per heavy atom. The molecule has 2 saturated carbocycles. The van der Waals surface area contributed by atoms with E-state index in [0.717, 1.165) is 32.1 Å². The van der Waals surface area contributed by atoms with Crippen molar-refractivity contribution >= 4 is 18.3 Å². The number of hydrogen-bond donors (Lipinski definition) is 2. The summed E-state index contributed by atoms with van der Waals surface area (Å²) in [6, 6.07) is 0.261. The zero-order valence-corrected chi connectivity index (χ0v) is 14.0. The zero-order chi connectivity index (χ0) is 14.4. The van der Waals surface area contributed by atoms with E-state index >= 15 is 0 Å². The molecule has 0 radical (unpaired) electrons. The summed E-state index contributed by atoms with van der Waals surface area (Å²) in [4.78, 5) is 12.4. The lowest BCUT2D eigenvalue weighted by atomic mass is 9.97. The van der Waals surface area contributed by atoms with Gasteiger partial charge < -0.3 is 15.8 Å². The Morgan fingerprint density at radius 1 is 1.19 bits per heavy atom. The van der Waals surface area contributed by atoms with Gasteiger partial charge in [0.1, 0.15) is 6.10 Å². The summed E-state index contributed by atoms with van der Waals surface area (Å²) in [7, 11) is 0. The molecule has 124 valence electrons. The lowest BCUT2D eigenvalue weighted by Crippen LogP contribution is -2.46. The van der Waals surface area contributed by atoms with Crippen molar-refractivity contribution in [3.63, 3.8) is 0 Å². The minimum absolute atomic E-state index is 0. The monoisotopic (exact) mass is 318 g/mol. The predicted octanol–water partition coefficient (Wildman–Crippen LogP) is 2.78. The van der Waals surface area contributed by atoms with Crippen LogP contribution in [0.5, 0.6) is 0 Å². The van der Waals surface area contributed by atoms with Crippen molar-refractivity contribution in [3.05, 3.63) is 0 Å². The number of nitrogens with one attached hydrogen (secondary N) is 1. The second kappa shape index (κ2) is 9.65. The van der Waals surface area contributed by atoms with E-state index in [-0.39, 0.29) is 36.6 Å². The van der Waals surface area contributed by atoms with Crippen LogP contribution >= 0.6 is 12.4 Å². The predicted molar refractivity (Wildman–Crippen MR) is 87.6 cm³/mol. The van der Waals surface area contributed by atoms with Gasteiger partial charge >= 0.3 is 0 Å². The van der Waals surface area contributed by atoms with Crippen LogP contribution in [0.3, 0.4) is 0 Å². The van der Waals surface area contributed by atoms with Gasteiger partial charge in [-0.3, -0.25) is 4.79 Å². The molecule has 2 aliphatic rings. The van der Waals surface area contributed by atoms with E-state index in [1.54, 1.807) is 0 Å². The Hall–Kier alpha value is -0.320. The van der Waals surface area contributed by atoms with E-state index in [4.69, 9.17) is 10.5 Å². The van der Waals surface area contributed by atoms with Gasteiger partial charge in [-0.15, -0.1) is 12.4 Å². The maximum atomic E-state index is 12.4. The Morgan fingerprint density at radius 3 is 2.52 bits per heavy atom. The van der Waals surface area contributed by atoms with Crippen LogP contribution in [0.1, 0.15) is 64.7 Å². The van der Waals surface area contributed by atoms with Gasteiger partial charge in [0, 0.05) is 6.04 Å². The Labute approximate surface area is 135 Å². The van der Waals surface area contributed by atoms with Crippen LogP contribution in [0.15, 0.2) is 0 Å². The van der Waals surface area contributed by atoms with Crippen molar-refractivity contribution in [1.29, 1.82) is 0 Å². The Balaban J connectivity index is 0.00000220. The molecule has 0 aromatic heterocycles. The highest BCUT2D eigenvalue weighted by Gasteiger charge is 2.30. The van der Waals surface area contributed by atoms with Crippen molar-refractivity contribution in [1.82, 2.24) is 5.32 Å². The minimum atomic E-state index is -0.280. The SMILES string of the molecule is CCC(OC1CCCCC1)C(=O)NC1CCCC1CN.Cl. The second-order valence-corrected chi connectivity index (χ2v) is 6.33. The summed E-state index contributed by atoms with van der Waals surface area (Å²) in [5.41, 5.74) is 5.78. The molecule has 2 fully saturated rings. The average Bonchev–Trinajstić information content (AvgIpc) is 2.92. The van der Waals surface area contributed by atoms with E-state index < -0.39 is 0 Å². The highest BCUT2D eigenvalue weighted by molar-refractivity contribution is 5.85. The number of rotatable bonds is 6. The maximum absolute atomic E-state index is 12.4. The molecule has 0 heterocycles. The topological polar surface area (TPSA) is 64.3 Å². The molecule has 1 amide bonds. The number of hydrogen-bond acceptors (Lipinski definition) is 3. The fraction of sp³-hybridized carbons (Fsp3) is 0.938. The first-order valence-electron chi connectivity index (χ1n) is 8.40. The molecule has 3 N–H and O–H groups in total. The third-order valence-corrected chi connectivity index (χ3v) is 4.86. The van der Waals surface area contributed by atoms with Gasteiger partial charge in [0.05, 0.1) is 6.10 Å². The summed E-state index contributed by atoms with van der Waals surface area (Å²) >= 11 is 0. The molecule has 0 aromatic carbocycles. The molecule has 2 rings (SSSR count). The molecule has 0 aromatic rings. The minimum Gasteiger partial charge on any atom is -0.365 e. The molecule has 21 heavy (non-hydrogen) atoms. The second-order valence-electron chi connectivity index (χ2n) is 6.33. The third kappa shape index (κ3) is 5.42. The summed E-state index contributed by atoms with van der Waals surface area (Å²) < 4.78 is 6.04. The third-order valence-electron chi connectivity index (χ3n) is 4.86. The van der Waals surface area contributed by atoms with Crippen LogP contribution in [-0.4, -0.2) is 30.7 Å². The molecule has 0 bridgehead atoms. The summed E-state index contributed by atoms with van der Waals surface area (Å²) in [6.45, 7) is 2.70. The summed E-state index contributed by atoms with van der Waals surface area (Å²) in [5.74, 6) is 0.523. The standard InChI is InChI=1S/C16H30N2O2.ClH/c1-2-15(20-13-8-4-3-5-9-13)16(19)18-14-10-6-7-12(14)11-17;/h12-15H,2-11,17H2,1H3,(H,18,19);1H. The lowest BCUT2D eigenvalue weighted by Gasteiger charge is -2.28. The number of nitrogens with two attached hydrogens (primary N) is 1. The van der Waals surface area contributed by atoms with Crippen LogP contribution in [0.2, 0.25) is 0 Å². The Bertz CT molecular complexity index is 309. The first-order chi connectivity index (χ1) is 9.74. The first kappa shape index (κ1) is 18.7. The van der Waals surface area contributed by atoms with Crippen molar-refractivity contribution in [2.24, 2.45) is 11.7 Å². The molecule has 0 spiro atoms. The van der Waals surface area contributed by atoms with Crippen LogP contribution in [0.4, 0.5) is 0 Å². The fourth-order valence-corrected chi connectivity index (χ4v) is 3.56. The van der Waals surface area contributed by atoms with E-state index in [0.29, 0.717) is 12.5 Å². The number of ether oxygens (including phenoxy) is 1. The highest BCUT2D eigenvalue weighted by atomic mass is 35.5. The molecule has 3 atom stereocenters. The number of halogens is 1. The molecule has 2 aliphatic carbocycles. The fourth-order valence-electron chi connectivity index (χ4n) is 3.56. The first-order valence-corrected chi connectivity index (χ1v) is 8.40. The van der Waals surface area contributed by atoms with E-state index in [2.05, 4.69) is 5.32 Å². The van der Waals surface area contributed by atoms with Gasteiger partial charge in [0.15, 0.2) is 0 Å². The van der Waals surface area contributed by atoms with Crippen molar-refractivity contribution in [3.8, 4) is 0 Å². The van der Waals surface area contributed by atoms with Crippen LogP contribution in [0, 0.1) is 5.92 Å². The molecule has 0 saturated heterocycles. The van der Waals surface area contributed by atoms with E-state index in [1.165, 1.54) is 25.7 Å². The van der Waals surface area contributed by atoms with Gasteiger partial charge in [-0.25, -0.2) is 0 Å². The Kier molecular flexibility index (Phi) is 8.60. The molecule has 0 aliphatic heterocycles. The zero-order valence-electron chi connectivity index (χ0n) is 13.2. The number of carbonyl (C=O) groups is 1. The average molecular weight is 319 g/mol. The maximum Gasteiger partial charge on any atom is 0.249 e. The quantitative estimate of drug-likeness (QED) is 0.791. The van der Waals surface area contributed by atoms with Crippen molar-refractivity contribution in [2.45, 2.75) is 83.0 Å². The van der Waals surface area contributed by atoms with Crippen molar-refractivity contribution < 1.29 is 9.53 Å². The van der Waals surface area contributed by atoms with Gasteiger partial charge in [0.2, 0.25) is 5.91 Å². The van der Waals surface area contributed by atoms with E-state index in [9.17, 15) is 4.79 Å². The lowest BCUT2D eigenvalue weighted by molar-refractivity contribution is -0.139. The van der Waals surface area contributed by atoms with Gasteiger partial charge in [-0.05, 0) is 44.6 Å². The smallest absolute Gasteiger partial charge is 0.249 e. The van der Waals surface area contributed by atoms with Gasteiger partial charge in [-0.2, -0.15) is 0 Å². The molecular weight excluding hydrogens is 288 g/mol. The van der Waals surface area contributed by atoms with Gasteiger partial charge in [0.25, 0.3) is 0 Å². The van der Waals surface area contributed by atoms with E-state index in [1.807, 2.05) is 6.92 Å². The van der Waals surface area contributed by atoms with Crippen LogP contribution < -0.4 is 11.1 Å². The molecule has 3 unspecified atom stereocenters. The summed E-state index contributed by atoms with van der Waals surface area (Å²) in [5, 5.41) is 3.18. The van der Waals surface area contributed by atoms with Crippen molar-refractivity contribution in [2.75, 3.05) is 6.54 Å². The normalized spacial score (nSPS) is 27.9. The molecular formula is C16H31ClN2O2. The number of carbonyl (C=O) groups excluding carboxylic acids is 1. The van der Waals surface area contributed by atoms with Gasteiger partial charge in [-0.1, -0.05) is 32.6 Å².